The standard InChI is InChI=1S/C34H53NO8.3C2H6S2/c1-26(33(40)41)18-16-17-21-35-32(39)28-22-27(23-29(25-28)34(42)43)24-30(36)19-14-12-10-8-6-4-2-3-5-7-9-11-13-15-20-31(37)38;3*1-3-4-2/h22-23,25-26H,2-21,24H2,1H3,(H,35,39)(H,37,38)(H,40,41)(H,42,43);3*1-2H3/t26-;;;/m0.../s1. The highest BCUT2D eigenvalue weighted by atomic mass is 33.1. The third kappa shape index (κ3) is 42.3. The van der Waals surface area contributed by atoms with E-state index in [1.807, 2.05) is 0 Å². The predicted molar refractivity (Wildman–Crippen MR) is 248 cm³/mol. The van der Waals surface area contributed by atoms with Gasteiger partial charge in [0.2, 0.25) is 0 Å². The Bertz CT molecular complexity index is 1110. The van der Waals surface area contributed by atoms with Gasteiger partial charge in [-0.25, -0.2) is 4.79 Å². The fourth-order valence-corrected chi connectivity index (χ4v) is 5.09. The van der Waals surface area contributed by atoms with Gasteiger partial charge >= 0.3 is 17.9 Å². The van der Waals surface area contributed by atoms with Crippen LogP contribution >= 0.6 is 64.8 Å². The predicted octanol–water partition coefficient (Wildman–Crippen LogP) is 12.3. The Labute approximate surface area is 357 Å². The van der Waals surface area contributed by atoms with Crippen molar-refractivity contribution in [1.82, 2.24) is 5.32 Å². The first-order chi connectivity index (χ1) is 26.3. The Hall–Kier alpha value is -1.13. The Morgan fingerprint density at radius 1 is 0.545 bits per heavy atom. The number of benzene rings is 1. The highest BCUT2D eigenvalue weighted by Gasteiger charge is 2.15. The number of nitrogens with one attached hydrogen (secondary N) is 1. The van der Waals surface area contributed by atoms with Gasteiger partial charge in [-0.2, -0.15) is 0 Å². The summed E-state index contributed by atoms with van der Waals surface area (Å²) in [5.74, 6) is -3.52. The van der Waals surface area contributed by atoms with E-state index in [-0.39, 0.29) is 29.8 Å². The van der Waals surface area contributed by atoms with E-state index in [2.05, 4.69) is 42.9 Å². The minimum atomic E-state index is -1.16. The summed E-state index contributed by atoms with van der Waals surface area (Å²) in [7, 11) is 10.6. The van der Waals surface area contributed by atoms with Gasteiger partial charge in [-0.3, -0.25) is 19.2 Å². The number of amides is 1. The van der Waals surface area contributed by atoms with Gasteiger partial charge in [-0.05, 0) is 87.0 Å². The molecule has 0 aliphatic carbocycles. The molecule has 1 amide bonds. The molecule has 4 N–H and O–H groups in total. The van der Waals surface area contributed by atoms with Crippen LogP contribution in [-0.2, 0) is 20.8 Å². The van der Waals surface area contributed by atoms with Crippen molar-refractivity contribution in [2.75, 3.05) is 44.1 Å². The van der Waals surface area contributed by atoms with Crippen molar-refractivity contribution in [3.05, 3.63) is 34.9 Å². The van der Waals surface area contributed by atoms with E-state index < -0.39 is 29.7 Å². The number of carbonyl (C=O) groups is 5. The summed E-state index contributed by atoms with van der Waals surface area (Å²) in [5, 5.41) is 29.8. The van der Waals surface area contributed by atoms with E-state index in [1.165, 1.54) is 57.1 Å². The van der Waals surface area contributed by atoms with E-state index in [4.69, 9.17) is 10.2 Å². The molecule has 0 saturated carbocycles. The number of unbranched alkanes of at least 4 members (excludes halogenated alkanes) is 14. The molecule has 9 nitrogen and oxygen atoms in total. The number of ketones is 1. The van der Waals surface area contributed by atoms with Crippen molar-refractivity contribution in [3.63, 3.8) is 0 Å². The molecule has 1 atom stereocenters. The largest absolute Gasteiger partial charge is 0.481 e. The third-order valence-corrected chi connectivity index (χ3v) is 12.3. The molecule has 15 heteroatoms. The fourth-order valence-electron chi connectivity index (χ4n) is 5.09. The minimum absolute atomic E-state index is 0.0290. The van der Waals surface area contributed by atoms with E-state index >= 15 is 0 Å². The number of hydrogen-bond donors (Lipinski definition) is 4. The van der Waals surface area contributed by atoms with Crippen molar-refractivity contribution in [3.8, 4) is 0 Å². The number of hydrogen-bond acceptors (Lipinski definition) is 11. The van der Waals surface area contributed by atoms with Gasteiger partial charge < -0.3 is 20.6 Å². The number of rotatable bonds is 30. The highest BCUT2D eigenvalue weighted by molar-refractivity contribution is 8.76. The summed E-state index contributed by atoms with van der Waals surface area (Å²) in [4.78, 5) is 58.2. The lowest BCUT2D eigenvalue weighted by atomic mass is 9.98. The van der Waals surface area contributed by atoms with Crippen LogP contribution < -0.4 is 5.32 Å². The lowest BCUT2D eigenvalue weighted by Crippen LogP contribution is -2.25. The van der Waals surface area contributed by atoms with Crippen molar-refractivity contribution in [1.29, 1.82) is 0 Å². The van der Waals surface area contributed by atoms with Gasteiger partial charge in [0.15, 0.2) is 0 Å². The summed E-state index contributed by atoms with van der Waals surface area (Å²) in [6, 6.07) is 4.34. The van der Waals surface area contributed by atoms with Crippen LogP contribution in [0, 0.1) is 5.92 Å². The molecule has 1 rings (SSSR count). The summed E-state index contributed by atoms with van der Waals surface area (Å²) >= 11 is 0. The van der Waals surface area contributed by atoms with Crippen molar-refractivity contribution in [2.45, 2.75) is 135 Å². The summed E-state index contributed by atoms with van der Waals surface area (Å²) in [6.07, 6.45) is 30.5. The zero-order valence-corrected chi connectivity index (χ0v) is 39.4. The number of aromatic carboxylic acids is 1. The van der Waals surface area contributed by atoms with E-state index in [0.29, 0.717) is 37.8 Å². The van der Waals surface area contributed by atoms with Gasteiger partial charge in [-0.1, -0.05) is 155 Å². The lowest BCUT2D eigenvalue weighted by Gasteiger charge is -2.10. The number of carboxylic acid groups (broad SMARTS) is 3. The maximum Gasteiger partial charge on any atom is 0.335 e. The van der Waals surface area contributed by atoms with Crippen LogP contribution in [0.1, 0.15) is 155 Å². The first-order valence-corrected chi connectivity index (χ1v) is 28.1. The lowest BCUT2D eigenvalue weighted by molar-refractivity contribution is -0.141. The molecule has 0 radical (unpaired) electrons. The van der Waals surface area contributed by atoms with Gasteiger partial charge in [0.1, 0.15) is 5.78 Å². The van der Waals surface area contributed by atoms with Crippen molar-refractivity contribution in [2.24, 2.45) is 5.92 Å². The molecular formula is C40H71NO8S6. The first kappa shape index (κ1) is 58.2. The quantitative estimate of drug-likeness (QED) is 0.0427. The van der Waals surface area contributed by atoms with Crippen LogP contribution in [0.25, 0.3) is 0 Å². The molecule has 0 spiro atoms. The third-order valence-electron chi connectivity index (χ3n) is 8.27. The first-order valence-electron chi connectivity index (χ1n) is 19.2. The molecule has 0 saturated heterocycles. The molecule has 0 aliphatic heterocycles. The molecule has 1 aromatic rings. The molecule has 0 bridgehead atoms. The average Bonchev–Trinajstić information content (AvgIpc) is 3.17. The Balaban J connectivity index is -0.00000196. The van der Waals surface area contributed by atoms with Gasteiger partial charge in [0.25, 0.3) is 5.91 Å². The van der Waals surface area contributed by atoms with Crippen molar-refractivity contribution < 1.29 is 39.3 Å². The SMILES string of the molecule is CSSC.CSSC.CSSC.C[C@@H](CCCCNC(=O)c1cc(CC(=O)CCCCCCCCCCCCCCCCC(=O)O)cc(C(=O)O)c1)C(=O)O. The van der Waals surface area contributed by atoms with Gasteiger partial charge in [0.05, 0.1) is 11.5 Å². The molecule has 1 aromatic carbocycles. The van der Waals surface area contributed by atoms with Crippen LogP contribution in [0.3, 0.4) is 0 Å². The van der Waals surface area contributed by atoms with Crippen LogP contribution in [0.4, 0.5) is 0 Å². The fraction of sp³-hybridized carbons (Fsp3) is 0.725. The molecule has 55 heavy (non-hydrogen) atoms. The van der Waals surface area contributed by atoms with Gasteiger partial charge in [-0.15, -0.1) is 0 Å². The van der Waals surface area contributed by atoms with Crippen LogP contribution in [0.15, 0.2) is 18.2 Å². The average molecular weight is 886 g/mol. The topological polar surface area (TPSA) is 158 Å². The second kappa shape index (κ2) is 44.0. The summed E-state index contributed by atoms with van der Waals surface area (Å²) in [5.41, 5.74) is 0.692. The second-order valence-electron chi connectivity index (χ2n) is 12.8. The zero-order chi connectivity index (χ0) is 42.1. The molecule has 0 aromatic heterocycles. The smallest absolute Gasteiger partial charge is 0.335 e. The summed E-state index contributed by atoms with van der Waals surface area (Å²) in [6.45, 7) is 2.00. The maximum absolute atomic E-state index is 12.6. The van der Waals surface area contributed by atoms with Crippen molar-refractivity contribution >= 4 is 94.4 Å². The zero-order valence-electron chi connectivity index (χ0n) is 34.5. The van der Waals surface area contributed by atoms with E-state index in [9.17, 15) is 29.1 Å². The number of aliphatic carboxylic acids is 2. The van der Waals surface area contributed by atoms with E-state index in [1.54, 1.807) is 77.8 Å². The number of carboxylic acids is 3. The van der Waals surface area contributed by atoms with Gasteiger partial charge in [0, 0.05) is 31.4 Å². The highest BCUT2D eigenvalue weighted by Crippen LogP contribution is 2.17. The second-order valence-corrected chi connectivity index (χ2v) is 20.8. The normalized spacial score (nSPS) is 10.7. The monoisotopic (exact) mass is 885 g/mol. The maximum atomic E-state index is 12.6. The Kier molecular flexibility index (Phi) is 46.5. The van der Waals surface area contributed by atoms with Crippen LogP contribution in [0.2, 0.25) is 0 Å². The molecule has 320 valence electrons. The number of carbonyl (C=O) groups excluding carboxylic acids is 2. The summed E-state index contributed by atoms with van der Waals surface area (Å²) < 4.78 is 0. The molecule has 0 unspecified atom stereocenters. The number of Topliss-reactive ketones (excluding diaryl/α,β-unsaturated/α-hetero) is 1. The minimum Gasteiger partial charge on any atom is -0.481 e. The molecular weight excluding hydrogens is 815 g/mol. The van der Waals surface area contributed by atoms with E-state index in [0.717, 1.165) is 44.9 Å². The van der Waals surface area contributed by atoms with Crippen LogP contribution in [-0.4, -0.2) is 89.0 Å². The molecule has 0 heterocycles. The molecule has 0 aliphatic rings. The molecule has 0 fully saturated rings. The Morgan fingerprint density at radius 3 is 1.33 bits per heavy atom. The van der Waals surface area contributed by atoms with Crippen LogP contribution in [0.5, 0.6) is 0 Å². The Morgan fingerprint density at radius 2 is 0.945 bits per heavy atom.